The monoisotopic (exact) mass is 327 g/mol. The lowest BCUT2D eigenvalue weighted by Gasteiger charge is -2.09. The molecule has 18 heavy (non-hydrogen) atoms. The summed E-state index contributed by atoms with van der Waals surface area (Å²) in [7, 11) is 0. The van der Waals surface area contributed by atoms with E-state index in [0.29, 0.717) is 16.8 Å². The minimum Gasteiger partial charge on any atom is -0.339 e. The number of nitrogens with one attached hydrogen (secondary N) is 2. The van der Waals surface area contributed by atoms with Gasteiger partial charge in [-0.05, 0) is 40.5 Å². The van der Waals surface area contributed by atoms with Gasteiger partial charge >= 0.3 is 0 Å². The number of hydrogen-bond acceptors (Lipinski definition) is 5. The molecule has 1 heterocycles. The van der Waals surface area contributed by atoms with Crippen LogP contribution in [-0.2, 0) is 0 Å². The van der Waals surface area contributed by atoms with Gasteiger partial charge in [0.2, 0.25) is 5.95 Å². The second-order valence-corrected chi connectivity index (χ2v) is 4.88. The third-order valence-corrected chi connectivity index (χ3v) is 3.30. The summed E-state index contributed by atoms with van der Waals surface area (Å²) in [5, 5.41) is 3.83. The largest absolute Gasteiger partial charge is 0.339 e. The van der Waals surface area contributed by atoms with Crippen molar-refractivity contribution in [3.05, 3.63) is 39.5 Å². The summed E-state index contributed by atoms with van der Waals surface area (Å²) in [4.78, 5) is 8.16. The van der Waals surface area contributed by atoms with Crippen LogP contribution < -0.4 is 16.6 Å². The summed E-state index contributed by atoms with van der Waals surface area (Å²) in [6.07, 6.45) is 1.61. The molecule has 7 heteroatoms. The number of nitrogens with zero attached hydrogens (tertiary/aromatic N) is 2. The molecule has 0 spiro atoms. The first-order chi connectivity index (χ1) is 8.60. The van der Waals surface area contributed by atoms with Gasteiger partial charge in [-0.2, -0.15) is 4.98 Å². The number of benzene rings is 1. The van der Waals surface area contributed by atoms with Crippen LogP contribution in [0.5, 0.6) is 0 Å². The molecule has 0 amide bonds. The predicted molar refractivity (Wildman–Crippen MR) is 77.0 cm³/mol. The van der Waals surface area contributed by atoms with E-state index in [4.69, 9.17) is 17.4 Å². The Balaban J connectivity index is 2.30. The maximum Gasteiger partial charge on any atom is 0.239 e. The second-order valence-electron chi connectivity index (χ2n) is 3.62. The quantitative estimate of drug-likeness (QED) is 0.596. The SMILES string of the molecule is Cc1ccc(Nc2nc(NN)ncc2Br)cc1Cl. The molecule has 0 atom stereocenters. The molecule has 0 aliphatic rings. The molecule has 0 saturated heterocycles. The van der Waals surface area contributed by atoms with Gasteiger partial charge in [0.05, 0.1) is 4.47 Å². The van der Waals surface area contributed by atoms with Crippen molar-refractivity contribution in [3.8, 4) is 0 Å². The Hall–Kier alpha value is -1.37. The molecular weight excluding hydrogens is 318 g/mol. The molecule has 0 aliphatic heterocycles. The number of nitrogen functional groups attached to an aromatic ring is 1. The van der Waals surface area contributed by atoms with Crippen molar-refractivity contribution < 1.29 is 0 Å². The minimum atomic E-state index is 0.332. The standard InChI is InChI=1S/C11H11BrClN5/c1-6-2-3-7(4-9(6)13)16-10-8(12)5-15-11(17-10)18-14/h2-5H,14H2,1H3,(H2,15,16,17,18). The van der Waals surface area contributed by atoms with Gasteiger partial charge in [0.25, 0.3) is 0 Å². The molecule has 0 bridgehead atoms. The molecule has 0 saturated carbocycles. The van der Waals surface area contributed by atoms with Gasteiger partial charge in [0.15, 0.2) is 0 Å². The van der Waals surface area contributed by atoms with Crippen LogP contribution in [0.3, 0.4) is 0 Å². The van der Waals surface area contributed by atoms with Crippen molar-refractivity contribution in [2.45, 2.75) is 6.92 Å². The smallest absolute Gasteiger partial charge is 0.239 e. The van der Waals surface area contributed by atoms with E-state index >= 15 is 0 Å². The first-order valence-electron chi connectivity index (χ1n) is 5.12. The highest BCUT2D eigenvalue weighted by atomic mass is 79.9. The van der Waals surface area contributed by atoms with Crippen LogP contribution in [0.2, 0.25) is 5.02 Å². The Labute approximate surface area is 118 Å². The van der Waals surface area contributed by atoms with Gasteiger partial charge in [-0.1, -0.05) is 17.7 Å². The fourth-order valence-corrected chi connectivity index (χ4v) is 1.80. The number of anilines is 3. The number of rotatable bonds is 3. The van der Waals surface area contributed by atoms with E-state index in [9.17, 15) is 0 Å². The third kappa shape index (κ3) is 2.90. The Morgan fingerprint density at radius 1 is 1.39 bits per heavy atom. The predicted octanol–water partition coefficient (Wildman–Crippen LogP) is 3.23. The molecule has 0 unspecified atom stereocenters. The number of hydrazine groups is 1. The third-order valence-electron chi connectivity index (χ3n) is 2.31. The first-order valence-corrected chi connectivity index (χ1v) is 6.29. The van der Waals surface area contributed by atoms with Crippen molar-refractivity contribution in [1.82, 2.24) is 9.97 Å². The lowest BCUT2D eigenvalue weighted by Crippen LogP contribution is -2.11. The molecule has 0 fully saturated rings. The van der Waals surface area contributed by atoms with Crippen LogP contribution in [0.15, 0.2) is 28.9 Å². The minimum absolute atomic E-state index is 0.332. The topological polar surface area (TPSA) is 75.9 Å². The zero-order chi connectivity index (χ0) is 13.1. The van der Waals surface area contributed by atoms with E-state index < -0.39 is 0 Å². The zero-order valence-electron chi connectivity index (χ0n) is 9.54. The molecule has 0 aliphatic carbocycles. The molecular formula is C11H11BrClN5. The Morgan fingerprint density at radius 3 is 2.83 bits per heavy atom. The number of aromatic nitrogens is 2. The summed E-state index contributed by atoms with van der Waals surface area (Å²) in [6.45, 7) is 1.95. The maximum atomic E-state index is 6.06. The van der Waals surface area contributed by atoms with Crippen LogP contribution in [0.1, 0.15) is 5.56 Å². The van der Waals surface area contributed by atoms with Crippen molar-refractivity contribution in [2.75, 3.05) is 10.7 Å². The number of aryl methyl sites for hydroxylation is 1. The first kappa shape index (κ1) is 13.1. The van der Waals surface area contributed by atoms with Gasteiger partial charge in [-0.25, -0.2) is 10.8 Å². The van der Waals surface area contributed by atoms with E-state index in [-0.39, 0.29) is 0 Å². The lowest BCUT2D eigenvalue weighted by molar-refractivity contribution is 1.11. The van der Waals surface area contributed by atoms with E-state index in [0.717, 1.165) is 15.7 Å². The second kappa shape index (κ2) is 5.51. The van der Waals surface area contributed by atoms with Crippen LogP contribution >= 0.6 is 27.5 Å². The van der Waals surface area contributed by atoms with Gasteiger partial charge < -0.3 is 5.32 Å². The highest BCUT2D eigenvalue weighted by molar-refractivity contribution is 9.10. The Kier molecular flexibility index (Phi) is 4.00. The van der Waals surface area contributed by atoms with E-state index in [1.807, 2.05) is 25.1 Å². The summed E-state index contributed by atoms with van der Waals surface area (Å²) in [6, 6.07) is 5.69. The molecule has 1 aromatic carbocycles. The highest BCUT2D eigenvalue weighted by Crippen LogP contribution is 2.26. The molecule has 4 N–H and O–H groups in total. The number of halogens is 2. The summed E-state index contributed by atoms with van der Waals surface area (Å²) >= 11 is 9.42. The van der Waals surface area contributed by atoms with E-state index in [2.05, 4.69) is 36.6 Å². The molecule has 2 rings (SSSR count). The average Bonchev–Trinajstić information content (AvgIpc) is 2.36. The molecule has 2 aromatic rings. The van der Waals surface area contributed by atoms with Crippen LogP contribution in [0.25, 0.3) is 0 Å². The zero-order valence-corrected chi connectivity index (χ0v) is 11.9. The normalized spacial score (nSPS) is 10.2. The summed E-state index contributed by atoms with van der Waals surface area (Å²) < 4.78 is 0.734. The van der Waals surface area contributed by atoms with Gasteiger partial charge in [-0.15, -0.1) is 0 Å². The molecule has 5 nitrogen and oxygen atoms in total. The fourth-order valence-electron chi connectivity index (χ4n) is 1.33. The lowest BCUT2D eigenvalue weighted by atomic mass is 10.2. The van der Waals surface area contributed by atoms with Crippen molar-refractivity contribution in [1.29, 1.82) is 0 Å². The Morgan fingerprint density at radius 2 is 2.17 bits per heavy atom. The van der Waals surface area contributed by atoms with Crippen LogP contribution in [0.4, 0.5) is 17.5 Å². The van der Waals surface area contributed by atoms with Crippen molar-refractivity contribution >= 4 is 45.0 Å². The molecule has 94 valence electrons. The van der Waals surface area contributed by atoms with Crippen LogP contribution in [-0.4, -0.2) is 9.97 Å². The summed E-state index contributed by atoms with van der Waals surface area (Å²) in [5.74, 6) is 6.21. The van der Waals surface area contributed by atoms with E-state index in [1.54, 1.807) is 6.20 Å². The average molecular weight is 329 g/mol. The van der Waals surface area contributed by atoms with Gasteiger partial charge in [-0.3, -0.25) is 5.43 Å². The molecule has 1 aromatic heterocycles. The fraction of sp³-hybridized carbons (Fsp3) is 0.0909. The van der Waals surface area contributed by atoms with Gasteiger partial charge in [0.1, 0.15) is 5.82 Å². The number of nitrogens with two attached hydrogens (primary N) is 1. The van der Waals surface area contributed by atoms with Crippen molar-refractivity contribution in [3.63, 3.8) is 0 Å². The van der Waals surface area contributed by atoms with Crippen molar-refractivity contribution in [2.24, 2.45) is 5.84 Å². The highest BCUT2D eigenvalue weighted by Gasteiger charge is 2.05. The van der Waals surface area contributed by atoms with E-state index in [1.165, 1.54) is 0 Å². The maximum absolute atomic E-state index is 6.06. The van der Waals surface area contributed by atoms with Crippen LogP contribution in [0, 0.1) is 6.92 Å². The number of hydrogen-bond donors (Lipinski definition) is 3. The summed E-state index contributed by atoms with van der Waals surface area (Å²) in [5.41, 5.74) is 4.25. The van der Waals surface area contributed by atoms with Gasteiger partial charge in [0, 0.05) is 16.9 Å². The Bertz CT molecular complexity index is 575. The molecule has 0 radical (unpaired) electrons.